The van der Waals surface area contributed by atoms with E-state index in [9.17, 15) is 13.2 Å². The molecular weight excluding hydrogens is 438 g/mol. The summed E-state index contributed by atoms with van der Waals surface area (Å²) in [5.41, 5.74) is 2.09. The van der Waals surface area contributed by atoms with Gasteiger partial charge in [0.25, 0.3) is 5.91 Å². The van der Waals surface area contributed by atoms with E-state index in [1.807, 2.05) is 30.5 Å². The van der Waals surface area contributed by atoms with E-state index < -0.39 is 10.0 Å². The molecule has 0 saturated heterocycles. The number of nitrogens with zero attached hydrogens (tertiary/aromatic N) is 2. The van der Waals surface area contributed by atoms with Gasteiger partial charge in [-0.25, -0.2) is 17.7 Å². The van der Waals surface area contributed by atoms with Crippen LogP contribution in [0.5, 0.6) is 0 Å². The number of aromatic nitrogens is 1. The van der Waals surface area contributed by atoms with Crippen molar-refractivity contribution in [3.8, 4) is 0 Å². The zero-order valence-corrected chi connectivity index (χ0v) is 19.4. The van der Waals surface area contributed by atoms with Crippen LogP contribution in [0.3, 0.4) is 0 Å². The molecule has 3 rings (SSSR count). The maximum Gasteiger partial charge on any atom is 0.252 e. The minimum atomic E-state index is -3.59. The molecule has 1 N–H and O–H groups in total. The molecule has 2 aromatic carbocycles. The fraction of sp³-hybridized carbons (Fsp3) is 0.238. The van der Waals surface area contributed by atoms with E-state index in [0.717, 1.165) is 15.6 Å². The normalized spacial score (nSPS) is 11.6. The number of amides is 1. The number of nitrogens with one attached hydrogen (secondary N) is 1. The van der Waals surface area contributed by atoms with Crippen LogP contribution in [0.15, 0.2) is 63.7 Å². The zero-order chi connectivity index (χ0) is 21.7. The predicted octanol–water partition coefficient (Wildman–Crippen LogP) is 3.92. The molecule has 1 heterocycles. The van der Waals surface area contributed by atoms with Crippen LogP contribution >= 0.6 is 23.1 Å². The number of thioether (sulfide) groups is 1. The van der Waals surface area contributed by atoms with E-state index in [0.29, 0.717) is 16.9 Å². The Kier molecular flexibility index (Phi) is 7.30. The first-order valence-electron chi connectivity index (χ1n) is 9.20. The summed E-state index contributed by atoms with van der Waals surface area (Å²) in [6.45, 7) is 2.08. The molecule has 0 aliphatic rings. The average Bonchev–Trinajstić information content (AvgIpc) is 3.16. The Balaban J connectivity index is 1.74. The SMILES string of the molecule is Cc1nc(CSc2ccccc2C(=O)NCc2ccccc2S(=O)(=O)N(C)C)cs1. The molecule has 0 fully saturated rings. The van der Waals surface area contributed by atoms with E-state index in [1.165, 1.54) is 18.4 Å². The molecule has 1 amide bonds. The van der Waals surface area contributed by atoms with Crippen molar-refractivity contribution in [2.75, 3.05) is 14.1 Å². The summed E-state index contributed by atoms with van der Waals surface area (Å²) in [4.78, 5) is 18.4. The number of sulfonamides is 1. The lowest BCUT2D eigenvalue weighted by Crippen LogP contribution is -2.27. The molecule has 0 aliphatic carbocycles. The molecular formula is C21H23N3O3S3. The zero-order valence-electron chi connectivity index (χ0n) is 17.0. The largest absolute Gasteiger partial charge is 0.348 e. The van der Waals surface area contributed by atoms with E-state index >= 15 is 0 Å². The Morgan fingerprint density at radius 1 is 1.13 bits per heavy atom. The number of thiazole rings is 1. The van der Waals surface area contributed by atoms with E-state index in [4.69, 9.17) is 0 Å². The standard InChI is InChI=1S/C21H23N3O3S3/c1-15-23-17(13-28-15)14-29-19-10-6-5-9-18(19)21(25)22-12-16-8-4-7-11-20(16)30(26,27)24(2)3/h4-11,13H,12,14H2,1-3H3,(H,22,25). The maximum absolute atomic E-state index is 12.9. The topological polar surface area (TPSA) is 79.4 Å². The van der Waals surface area contributed by atoms with Crippen molar-refractivity contribution in [1.82, 2.24) is 14.6 Å². The van der Waals surface area contributed by atoms with Crippen molar-refractivity contribution in [1.29, 1.82) is 0 Å². The summed E-state index contributed by atoms with van der Waals surface area (Å²) in [5, 5.41) is 5.90. The van der Waals surface area contributed by atoms with E-state index in [1.54, 1.807) is 53.4 Å². The average molecular weight is 462 g/mol. The smallest absolute Gasteiger partial charge is 0.252 e. The third-order valence-corrected chi connectivity index (χ3v) is 8.19. The Morgan fingerprint density at radius 2 is 1.83 bits per heavy atom. The van der Waals surface area contributed by atoms with Crippen LogP contribution in [0.25, 0.3) is 0 Å². The van der Waals surface area contributed by atoms with Crippen LogP contribution in [0, 0.1) is 6.92 Å². The summed E-state index contributed by atoms with van der Waals surface area (Å²) >= 11 is 3.16. The van der Waals surface area contributed by atoms with Gasteiger partial charge in [-0.2, -0.15) is 0 Å². The van der Waals surface area contributed by atoms with Crippen molar-refractivity contribution >= 4 is 39.0 Å². The van der Waals surface area contributed by atoms with Gasteiger partial charge in [-0.15, -0.1) is 23.1 Å². The second kappa shape index (κ2) is 9.74. The summed E-state index contributed by atoms with van der Waals surface area (Å²) in [6, 6.07) is 14.1. The van der Waals surface area contributed by atoms with E-state index in [-0.39, 0.29) is 17.3 Å². The second-order valence-electron chi connectivity index (χ2n) is 6.72. The highest BCUT2D eigenvalue weighted by atomic mass is 32.2. The van der Waals surface area contributed by atoms with E-state index in [2.05, 4.69) is 10.3 Å². The lowest BCUT2D eigenvalue weighted by atomic mass is 10.2. The Morgan fingerprint density at radius 3 is 2.53 bits per heavy atom. The third-order valence-electron chi connectivity index (χ3n) is 4.34. The van der Waals surface area contributed by atoms with Crippen molar-refractivity contribution in [2.45, 2.75) is 29.0 Å². The molecule has 3 aromatic rings. The molecule has 0 atom stereocenters. The molecule has 1 aromatic heterocycles. The number of hydrogen-bond donors (Lipinski definition) is 1. The summed E-state index contributed by atoms with van der Waals surface area (Å²) in [6.07, 6.45) is 0. The highest BCUT2D eigenvalue weighted by Gasteiger charge is 2.21. The summed E-state index contributed by atoms with van der Waals surface area (Å²) in [5.74, 6) is 0.433. The second-order valence-corrected chi connectivity index (χ2v) is 10.9. The van der Waals surface area contributed by atoms with Crippen molar-refractivity contribution in [3.63, 3.8) is 0 Å². The first-order valence-corrected chi connectivity index (χ1v) is 12.5. The fourth-order valence-electron chi connectivity index (χ4n) is 2.78. The maximum atomic E-state index is 12.9. The molecule has 0 saturated carbocycles. The molecule has 0 spiro atoms. The van der Waals surface area contributed by atoms with Gasteiger partial charge in [-0.3, -0.25) is 4.79 Å². The number of rotatable bonds is 8. The quantitative estimate of drug-likeness (QED) is 0.514. The molecule has 158 valence electrons. The molecule has 0 unspecified atom stereocenters. The van der Waals surface area contributed by atoms with Crippen LogP contribution in [0.2, 0.25) is 0 Å². The summed E-state index contributed by atoms with van der Waals surface area (Å²) in [7, 11) is -0.617. The number of carbonyl (C=O) groups is 1. The van der Waals surface area contributed by atoms with Gasteiger partial charge in [0.15, 0.2) is 0 Å². The third kappa shape index (κ3) is 5.28. The van der Waals surface area contributed by atoms with Crippen LogP contribution in [0.4, 0.5) is 0 Å². The number of hydrogen-bond acceptors (Lipinski definition) is 6. The van der Waals surface area contributed by atoms with Gasteiger partial charge in [-0.05, 0) is 30.7 Å². The van der Waals surface area contributed by atoms with Crippen molar-refractivity contribution in [2.24, 2.45) is 0 Å². The number of carbonyl (C=O) groups excluding carboxylic acids is 1. The highest BCUT2D eigenvalue weighted by molar-refractivity contribution is 7.98. The lowest BCUT2D eigenvalue weighted by molar-refractivity contribution is 0.0947. The highest BCUT2D eigenvalue weighted by Crippen LogP contribution is 2.27. The minimum Gasteiger partial charge on any atom is -0.348 e. The van der Waals surface area contributed by atoms with Crippen molar-refractivity contribution in [3.05, 3.63) is 75.7 Å². The molecule has 6 nitrogen and oxygen atoms in total. The number of aryl methyl sites for hydroxylation is 1. The fourth-order valence-corrected chi connectivity index (χ4v) is 5.55. The van der Waals surface area contributed by atoms with Gasteiger partial charge in [-0.1, -0.05) is 30.3 Å². The minimum absolute atomic E-state index is 0.117. The van der Waals surface area contributed by atoms with Crippen LogP contribution < -0.4 is 5.32 Å². The first-order chi connectivity index (χ1) is 14.3. The van der Waals surface area contributed by atoms with Crippen LogP contribution in [-0.2, 0) is 22.3 Å². The van der Waals surface area contributed by atoms with Crippen molar-refractivity contribution < 1.29 is 13.2 Å². The Labute approximate surface area is 185 Å². The predicted molar refractivity (Wildman–Crippen MR) is 121 cm³/mol. The Bertz CT molecular complexity index is 1140. The van der Waals surface area contributed by atoms with Crippen LogP contribution in [-0.4, -0.2) is 37.7 Å². The van der Waals surface area contributed by atoms with Gasteiger partial charge < -0.3 is 5.32 Å². The Hall–Kier alpha value is -2.20. The number of benzene rings is 2. The van der Waals surface area contributed by atoms with Crippen LogP contribution in [0.1, 0.15) is 26.6 Å². The molecule has 0 bridgehead atoms. The molecule has 9 heteroatoms. The van der Waals surface area contributed by atoms with Gasteiger partial charge in [0, 0.05) is 36.7 Å². The lowest BCUT2D eigenvalue weighted by Gasteiger charge is -2.16. The molecule has 0 aliphatic heterocycles. The van der Waals surface area contributed by atoms with Gasteiger partial charge >= 0.3 is 0 Å². The molecule has 0 radical (unpaired) electrons. The molecule has 30 heavy (non-hydrogen) atoms. The monoisotopic (exact) mass is 461 g/mol. The first kappa shape index (κ1) is 22.5. The van der Waals surface area contributed by atoms with Gasteiger partial charge in [0.2, 0.25) is 10.0 Å². The summed E-state index contributed by atoms with van der Waals surface area (Å²) < 4.78 is 26.3. The van der Waals surface area contributed by atoms with Gasteiger partial charge in [0.05, 0.1) is 21.2 Å². The van der Waals surface area contributed by atoms with Gasteiger partial charge in [0.1, 0.15) is 0 Å².